The molecular weight excluding hydrogens is 262 g/mol. The molecule has 0 spiro atoms. The number of nitrogens with one attached hydrogen (secondary N) is 1. The molecule has 0 atom stereocenters. The molecule has 0 unspecified atom stereocenters. The van der Waals surface area contributed by atoms with E-state index in [-0.39, 0.29) is 16.9 Å². The Kier molecular flexibility index (Phi) is 4.12. The number of carbonyl (C=O) groups is 1. The maximum absolute atomic E-state index is 12.1. The second-order valence-electron chi connectivity index (χ2n) is 4.13. The fourth-order valence-electron chi connectivity index (χ4n) is 1.79. The van der Waals surface area contributed by atoms with E-state index in [2.05, 4.69) is 15.3 Å². The normalized spacial score (nSPS) is 10.3. The van der Waals surface area contributed by atoms with Gasteiger partial charge in [0.05, 0.1) is 0 Å². The van der Waals surface area contributed by atoms with Gasteiger partial charge in [0.25, 0.3) is 5.91 Å². The van der Waals surface area contributed by atoms with Gasteiger partial charge in [-0.2, -0.15) is 0 Å². The quantitative estimate of drug-likeness (QED) is 0.875. The summed E-state index contributed by atoms with van der Waals surface area (Å²) in [5.41, 5.74) is 2.80. The molecule has 0 bridgehead atoms. The highest BCUT2D eigenvalue weighted by atomic mass is 35.5. The van der Waals surface area contributed by atoms with E-state index in [1.54, 1.807) is 13.0 Å². The molecular formula is C14H14ClN3O. The number of aryl methyl sites for hydroxylation is 2. The zero-order valence-electron chi connectivity index (χ0n) is 10.8. The number of amides is 1. The minimum Gasteiger partial charge on any atom is -0.320 e. The lowest BCUT2D eigenvalue weighted by Gasteiger charge is -2.09. The largest absolute Gasteiger partial charge is 0.320 e. The van der Waals surface area contributed by atoms with Crippen LogP contribution in [0.2, 0.25) is 5.28 Å². The number of halogens is 1. The van der Waals surface area contributed by atoms with Gasteiger partial charge in [0.15, 0.2) is 0 Å². The van der Waals surface area contributed by atoms with Gasteiger partial charge in [-0.05, 0) is 42.6 Å². The first kappa shape index (κ1) is 13.5. The van der Waals surface area contributed by atoms with Crippen molar-refractivity contribution in [2.75, 3.05) is 5.32 Å². The number of hydrogen-bond acceptors (Lipinski definition) is 3. The first-order valence-corrected chi connectivity index (χ1v) is 6.38. The van der Waals surface area contributed by atoms with Crippen LogP contribution in [0.4, 0.5) is 5.69 Å². The standard InChI is InChI=1S/C14H14ClN3O/c1-3-10-6-4-5-7-11(10)17-13(19)12-8-9(2)16-14(15)18-12/h4-8H,3H2,1-2H3,(H,17,19). The zero-order chi connectivity index (χ0) is 13.8. The summed E-state index contributed by atoms with van der Waals surface area (Å²) in [7, 11) is 0. The molecule has 1 aromatic carbocycles. The summed E-state index contributed by atoms with van der Waals surface area (Å²) in [6.07, 6.45) is 0.847. The van der Waals surface area contributed by atoms with Gasteiger partial charge >= 0.3 is 0 Å². The molecule has 1 amide bonds. The molecule has 0 saturated carbocycles. The van der Waals surface area contributed by atoms with E-state index in [4.69, 9.17) is 11.6 Å². The number of anilines is 1. The lowest BCUT2D eigenvalue weighted by Crippen LogP contribution is -2.15. The van der Waals surface area contributed by atoms with Crippen LogP contribution in [0, 0.1) is 6.92 Å². The van der Waals surface area contributed by atoms with Gasteiger partial charge in [-0.25, -0.2) is 9.97 Å². The maximum atomic E-state index is 12.1. The summed E-state index contributed by atoms with van der Waals surface area (Å²) in [4.78, 5) is 20.0. The van der Waals surface area contributed by atoms with Crippen LogP contribution in [0.25, 0.3) is 0 Å². The van der Waals surface area contributed by atoms with E-state index < -0.39 is 0 Å². The molecule has 2 rings (SSSR count). The van der Waals surface area contributed by atoms with Gasteiger partial charge in [0.2, 0.25) is 5.28 Å². The van der Waals surface area contributed by atoms with Gasteiger partial charge in [0.1, 0.15) is 5.69 Å². The van der Waals surface area contributed by atoms with Crippen molar-refractivity contribution in [1.29, 1.82) is 0 Å². The van der Waals surface area contributed by atoms with Crippen molar-refractivity contribution in [2.45, 2.75) is 20.3 Å². The topological polar surface area (TPSA) is 54.9 Å². The van der Waals surface area contributed by atoms with Crippen LogP contribution in [0.3, 0.4) is 0 Å². The minimum absolute atomic E-state index is 0.0777. The second kappa shape index (κ2) is 5.80. The van der Waals surface area contributed by atoms with E-state index in [1.165, 1.54) is 0 Å². The van der Waals surface area contributed by atoms with E-state index >= 15 is 0 Å². The number of para-hydroxylation sites is 1. The van der Waals surface area contributed by atoms with Crippen molar-refractivity contribution in [1.82, 2.24) is 9.97 Å². The van der Waals surface area contributed by atoms with Crippen LogP contribution in [0.15, 0.2) is 30.3 Å². The molecule has 1 aromatic heterocycles. The van der Waals surface area contributed by atoms with Crippen molar-refractivity contribution in [3.8, 4) is 0 Å². The first-order chi connectivity index (χ1) is 9.10. The Morgan fingerprint density at radius 1 is 1.32 bits per heavy atom. The summed E-state index contributed by atoms with van der Waals surface area (Å²) in [5, 5.41) is 2.92. The van der Waals surface area contributed by atoms with Crippen LogP contribution in [-0.4, -0.2) is 15.9 Å². The molecule has 0 saturated heterocycles. The Hall–Kier alpha value is -1.94. The fraction of sp³-hybridized carbons (Fsp3) is 0.214. The first-order valence-electron chi connectivity index (χ1n) is 6.00. The molecule has 0 radical (unpaired) electrons. The summed E-state index contributed by atoms with van der Waals surface area (Å²) in [6, 6.07) is 9.28. The molecule has 98 valence electrons. The van der Waals surface area contributed by atoms with E-state index in [0.29, 0.717) is 5.69 Å². The lowest BCUT2D eigenvalue weighted by molar-refractivity contribution is 0.102. The van der Waals surface area contributed by atoms with Gasteiger partial charge in [-0.3, -0.25) is 4.79 Å². The Bertz CT molecular complexity index is 593. The van der Waals surface area contributed by atoms with Crippen molar-refractivity contribution < 1.29 is 4.79 Å². The maximum Gasteiger partial charge on any atom is 0.274 e. The summed E-state index contributed by atoms with van der Waals surface area (Å²) in [6.45, 7) is 3.81. The van der Waals surface area contributed by atoms with Crippen molar-refractivity contribution >= 4 is 23.2 Å². The predicted octanol–water partition coefficient (Wildman–Crippen LogP) is 3.25. The van der Waals surface area contributed by atoms with Gasteiger partial charge < -0.3 is 5.32 Å². The smallest absolute Gasteiger partial charge is 0.274 e. The highest BCUT2D eigenvalue weighted by molar-refractivity contribution is 6.28. The van der Waals surface area contributed by atoms with Gasteiger partial charge in [-0.1, -0.05) is 25.1 Å². The van der Waals surface area contributed by atoms with Gasteiger partial charge in [-0.15, -0.1) is 0 Å². The molecule has 0 aliphatic rings. The number of aromatic nitrogens is 2. The van der Waals surface area contributed by atoms with E-state index in [0.717, 1.165) is 17.7 Å². The third-order valence-corrected chi connectivity index (χ3v) is 2.88. The zero-order valence-corrected chi connectivity index (χ0v) is 11.5. The summed E-state index contributed by atoms with van der Waals surface area (Å²) >= 11 is 5.75. The molecule has 19 heavy (non-hydrogen) atoms. The Labute approximate surface area is 116 Å². The molecule has 5 heteroatoms. The predicted molar refractivity (Wildman–Crippen MR) is 75.6 cm³/mol. The highest BCUT2D eigenvalue weighted by Gasteiger charge is 2.11. The second-order valence-corrected chi connectivity index (χ2v) is 4.47. The third-order valence-electron chi connectivity index (χ3n) is 2.71. The number of nitrogens with zero attached hydrogens (tertiary/aromatic N) is 2. The summed E-state index contributed by atoms with van der Waals surface area (Å²) in [5.74, 6) is -0.284. The van der Waals surface area contributed by atoms with Crippen LogP contribution < -0.4 is 5.32 Å². The van der Waals surface area contributed by atoms with Crippen LogP contribution in [0.1, 0.15) is 28.7 Å². The molecule has 4 nitrogen and oxygen atoms in total. The molecule has 1 N–H and O–H groups in total. The van der Waals surface area contributed by atoms with Crippen molar-refractivity contribution in [2.24, 2.45) is 0 Å². The Morgan fingerprint density at radius 2 is 2.05 bits per heavy atom. The number of hydrogen-bond donors (Lipinski definition) is 1. The Morgan fingerprint density at radius 3 is 2.74 bits per heavy atom. The van der Waals surface area contributed by atoms with Crippen LogP contribution in [-0.2, 0) is 6.42 Å². The van der Waals surface area contributed by atoms with Crippen LogP contribution >= 0.6 is 11.6 Å². The average molecular weight is 276 g/mol. The van der Waals surface area contributed by atoms with Crippen molar-refractivity contribution in [3.05, 3.63) is 52.6 Å². The Balaban J connectivity index is 2.25. The monoisotopic (exact) mass is 275 g/mol. The third kappa shape index (κ3) is 3.29. The van der Waals surface area contributed by atoms with Gasteiger partial charge in [0, 0.05) is 11.4 Å². The fourth-order valence-corrected chi connectivity index (χ4v) is 2.01. The molecule has 2 aromatic rings. The van der Waals surface area contributed by atoms with Crippen molar-refractivity contribution in [3.63, 3.8) is 0 Å². The highest BCUT2D eigenvalue weighted by Crippen LogP contribution is 2.16. The number of carbonyl (C=O) groups excluding carboxylic acids is 1. The lowest BCUT2D eigenvalue weighted by atomic mass is 10.1. The summed E-state index contributed by atoms with van der Waals surface area (Å²) < 4.78 is 0. The SMILES string of the molecule is CCc1ccccc1NC(=O)c1cc(C)nc(Cl)n1. The van der Waals surface area contributed by atoms with Crippen LogP contribution in [0.5, 0.6) is 0 Å². The van der Waals surface area contributed by atoms with E-state index in [1.807, 2.05) is 31.2 Å². The molecule has 1 heterocycles. The average Bonchev–Trinajstić information content (AvgIpc) is 2.38. The minimum atomic E-state index is -0.284. The number of rotatable bonds is 3. The number of benzene rings is 1. The van der Waals surface area contributed by atoms with E-state index in [9.17, 15) is 4.79 Å². The molecule has 0 fully saturated rings. The molecule has 0 aliphatic carbocycles. The molecule has 0 aliphatic heterocycles.